The third-order valence-electron chi connectivity index (χ3n) is 4.49. The number of carbonyl (C=O) groups excluding carboxylic acids is 1. The second-order valence-electron chi connectivity index (χ2n) is 6.61. The highest BCUT2D eigenvalue weighted by molar-refractivity contribution is 6.30. The van der Waals surface area contributed by atoms with Crippen LogP contribution in [0.3, 0.4) is 0 Å². The summed E-state index contributed by atoms with van der Waals surface area (Å²) in [4.78, 5) is 18.6. The first-order valence-electron chi connectivity index (χ1n) is 9.73. The Bertz CT molecular complexity index is 574. The summed E-state index contributed by atoms with van der Waals surface area (Å²) in [5.41, 5.74) is 1.25. The van der Waals surface area contributed by atoms with E-state index in [1.165, 1.54) is 12.0 Å². The summed E-state index contributed by atoms with van der Waals surface area (Å²) in [6, 6.07) is 7.93. The maximum Gasteiger partial charge on any atom is 0.222 e. The van der Waals surface area contributed by atoms with Crippen molar-refractivity contribution >= 4 is 23.5 Å². The number of benzene rings is 1. The van der Waals surface area contributed by atoms with Crippen molar-refractivity contribution in [2.24, 2.45) is 4.99 Å². The lowest BCUT2D eigenvalue weighted by atomic mass is 10.1. The molecular weight excluding hydrogens is 348 g/mol. The van der Waals surface area contributed by atoms with Gasteiger partial charge < -0.3 is 15.5 Å². The number of halogens is 1. The van der Waals surface area contributed by atoms with E-state index in [4.69, 9.17) is 11.6 Å². The molecule has 0 aromatic heterocycles. The molecule has 1 fully saturated rings. The van der Waals surface area contributed by atoms with Gasteiger partial charge in [-0.15, -0.1) is 0 Å². The summed E-state index contributed by atoms with van der Waals surface area (Å²) in [6.45, 7) is 6.15. The molecule has 0 saturated carbocycles. The molecule has 144 valence electrons. The fraction of sp³-hybridized carbons (Fsp3) is 0.600. The summed E-state index contributed by atoms with van der Waals surface area (Å²) in [6.07, 6.45) is 5.86. The largest absolute Gasteiger partial charge is 0.357 e. The lowest BCUT2D eigenvalue weighted by molar-refractivity contribution is -0.130. The Hall–Kier alpha value is -1.75. The molecule has 1 saturated heterocycles. The van der Waals surface area contributed by atoms with E-state index in [1.807, 2.05) is 29.2 Å². The van der Waals surface area contributed by atoms with Gasteiger partial charge in [0, 0.05) is 44.2 Å². The minimum absolute atomic E-state index is 0.305. The van der Waals surface area contributed by atoms with Crippen molar-refractivity contribution in [3.05, 3.63) is 34.9 Å². The highest BCUT2D eigenvalue weighted by Crippen LogP contribution is 2.11. The van der Waals surface area contributed by atoms with Crippen molar-refractivity contribution in [3.8, 4) is 0 Å². The van der Waals surface area contributed by atoms with Crippen LogP contribution < -0.4 is 10.6 Å². The van der Waals surface area contributed by atoms with Crippen LogP contribution in [0.15, 0.2) is 29.3 Å². The number of hydrogen-bond acceptors (Lipinski definition) is 2. The van der Waals surface area contributed by atoms with Crippen LogP contribution in [0.25, 0.3) is 0 Å². The van der Waals surface area contributed by atoms with Crippen molar-refractivity contribution in [1.82, 2.24) is 15.5 Å². The Morgan fingerprint density at radius 2 is 2.00 bits per heavy atom. The average molecular weight is 379 g/mol. The number of amides is 1. The van der Waals surface area contributed by atoms with E-state index < -0.39 is 0 Å². The average Bonchev–Trinajstić information content (AvgIpc) is 2.84. The van der Waals surface area contributed by atoms with E-state index in [-0.39, 0.29) is 0 Å². The van der Waals surface area contributed by atoms with Gasteiger partial charge in [0.15, 0.2) is 5.96 Å². The molecule has 26 heavy (non-hydrogen) atoms. The quantitative estimate of drug-likeness (QED) is 0.415. The van der Waals surface area contributed by atoms with Crippen molar-refractivity contribution < 1.29 is 4.79 Å². The molecule has 0 radical (unpaired) electrons. The Morgan fingerprint density at radius 1 is 1.19 bits per heavy atom. The number of carbonyl (C=O) groups is 1. The number of rotatable bonds is 8. The second kappa shape index (κ2) is 11.8. The third kappa shape index (κ3) is 7.65. The summed E-state index contributed by atoms with van der Waals surface area (Å²) in [7, 11) is 0. The maximum atomic E-state index is 12.0. The SMILES string of the molecule is CCNC(=NCCCN1CCCCCC1=O)NCCc1ccc(Cl)cc1. The molecule has 1 heterocycles. The van der Waals surface area contributed by atoms with Gasteiger partial charge in [0.25, 0.3) is 0 Å². The van der Waals surface area contributed by atoms with Crippen LogP contribution in [0.4, 0.5) is 0 Å². The van der Waals surface area contributed by atoms with Gasteiger partial charge in [-0.3, -0.25) is 9.79 Å². The van der Waals surface area contributed by atoms with E-state index in [9.17, 15) is 4.79 Å². The zero-order valence-corrected chi connectivity index (χ0v) is 16.5. The van der Waals surface area contributed by atoms with Gasteiger partial charge in [0.1, 0.15) is 0 Å². The number of nitrogens with zero attached hydrogens (tertiary/aromatic N) is 2. The molecule has 0 aliphatic carbocycles. The Labute approximate surface area is 162 Å². The standard InChI is InChI=1S/C20H31ClN4O/c1-2-22-20(24-14-12-17-8-10-18(21)11-9-17)23-13-6-16-25-15-5-3-4-7-19(25)26/h8-11H,2-7,12-16H2,1H3,(H2,22,23,24). The summed E-state index contributed by atoms with van der Waals surface area (Å²) < 4.78 is 0. The van der Waals surface area contributed by atoms with Gasteiger partial charge in [0.2, 0.25) is 5.91 Å². The van der Waals surface area contributed by atoms with Crippen LogP contribution >= 0.6 is 11.6 Å². The van der Waals surface area contributed by atoms with Crippen LogP contribution in [0, 0.1) is 0 Å². The third-order valence-corrected chi connectivity index (χ3v) is 4.74. The smallest absolute Gasteiger partial charge is 0.222 e. The Kier molecular flexibility index (Phi) is 9.32. The fourth-order valence-corrected chi connectivity index (χ4v) is 3.17. The number of guanidine groups is 1. The van der Waals surface area contributed by atoms with E-state index in [1.54, 1.807) is 0 Å². The molecule has 6 heteroatoms. The predicted molar refractivity (Wildman–Crippen MR) is 109 cm³/mol. The van der Waals surface area contributed by atoms with E-state index in [0.29, 0.717) is 12.3 Å². The monoisotopic (exact) mass is 378 g/mol. The van der Waals surface area contributed by atoms with Gasteiger partial charge in [-0.25, -0.2) is 0 Å². The molecule has 2 rings (SSSR count). The van der Waals surface area contributed by atoms with Crippen molar-refractivity contribution in [3.63, 3.8) is 0 Å². The van der Waals surface area contributed by atoms with E-state index in [2.05, 4.69) is 22.5 Å². The molecule has 1 amide bonds. The zero-order chi connectivity index (χ0) is 18.6. The second-order valence-corrected chi connectivity index (χ2v) is 7.05. The first kappa shape index (κ1) is 20.6. The summed E-state index contributed by atoms with van der Waals surface area (Å²) >= 11 is 5.91. The number of hydrogen-bond donors (Lipinski definition) is 2. The van der Waals surface area contributed by atoms with Gasteiger partial charge in [-0.1, -0.05) is 30.2 Å². The first-order chi connectivity index (χ1) is 12.7. The van der Waals surface area contributed by atoms with Crippen LogP contribution in [-0.4, -0.2) is 49.5 Å². The van der Waals surface area contributed by atoms with Gasteiger partial charge >= 0.3 is 0 Å². The molecule has 0 spiro atoms. The molecular formula is C20H31ClN4O. The van der Waals surface area contributed by atoms with Crippen LogP contribution in [0.2, 0.25) is 5.02 Å². The molecule has 0 unspecified atom stereocenters. The number of aliphatic imine (C=N–C) groups is 1. The summed E-state index contributed by atoms with van der Waals surface area (Å²) in [5.74, 6) is 1.14. The molecule has 1 aliphatic heterocycles. The van der Waals surface area contributed by atoms with Crippen molar-refractivity contribution in [1.29, 1.82) is 0 Å². The van der Waals surface area contributed by atoms with Crippen molar-refractivity contribution in [2.45, 2.75) is 45.4 Å². The van der Waals surface area contributed by atoms with Gasteiger partial charge in [0.05, 0.1) is 0 Å². The normalized spacial score (nSPS) is 15.7. The summed E-state index contributed by atoms with van der Waals surface area (Å²) in [5, 5.41) is 7.40. The first-order valence-corrected chi connectivity index (χ1v) is 10.1. The maximum absolute atomic E-state index is 12.0. The number of likely N-dealkylation sites (tertiary alicyclic amines) is 1. The highest BCUT2D eigenvalue weighted by Gasteiger charge is 2.15. The lowest BCUT2D eigenvalue weighted by Crippen LogP contribution is -2.38. The Balaban J connectivity index is 1.71. The molecule has 1 aromatic rings. The molecule has 1 aliphatic rings. The minimum atomic E-state index is 0.305. The molecule has 0 bridgehead atoms. The predicted octanol–water partition coefficient (Wildman–Crippen LogP) is 3.23. The molecule has 1 aromatic carbocycles. The molecule has 2 N–H and O–H groups in total. The molecule has 5 nitrogen and oxygen atoms in total. The lowest BCUT2D eigenvalue weighted by Gasteiger charge is -2.20. The van der Waals surface area contributed by atoms with E-state index >= 15 is 0 Å². The van der Waals surface area contributed by atoms with Gasteiger partial charge in [-0.05, 0) is 50.3 Å². The van der Waals surface area contributed by atoms with E-state index in [0.717, 1.165) is 69.4 Å². The minimum Gasteiger partial charge on any atom is -0.357 e. The highest BCUT2D eigenvalue weighted by atomic mass is 35.5. The van der Waals surface area contributed by atoms with Crippen LogP contribution in [0.5, 0.6) is 0 Å². The van der Waals surface area contributed by atoms with Crippen molar-refractivity contribution in [2.75, 3.05) is 32.7 Å². The number of nitrogens with one attached hydrogen (secondary N) is 2. The Morgan fingerprint density at radius 3 is 2.77 bits per heavy atom. The zero-order valence-electron chi connectivity index (χ0n) is 15.8. The van der Waals surface area contributed by atoms with Crippen LogP contribution in [0.1, 0.15) is 44.6 Å². The topological polar surface area (TPSA) is 56.7 Å². The van der Waals surface area contributed by atoms with Gasteiger partial charge in [-0.2, -0.15) is 0 Å². The molecule has 0 atom stereocenters. The fourth-order valence-electron chi connectivity index (χ4n) is 3.05. The van der Waals surface area contributed by atoms with Crippen LogP contribution in [-0.2, 0) is 11.2 Å².